The number of rotatable bonds is 4. The number of carbonyl (C=O) groups is 1. The number of Topliss-reactive ketones (excluding diaryl/α,β-unsaturated/α-hetero) is 1. The molecule has 0 aliphatic carbocycles. The van der Waals surface area contributed by atoms with Crippen molar-refractivity contribution in [2.75, 3.05) is 7.11 Å². The molecule has 1 aromatic carbocycles. The number of nitrogens with zero attached hydrogens (tertiary/aromatic N) is 1. The zero-order chi connectivity index (χ0) is 11.3. The zero-order valence-corrected chi connectivity index (χ0v) is 8.91. The second-order valence-electron chi connectivity index (χ2n) is 3.34. The van der Waals surface area contributed by atoms with Crippen molar-refractivity contribution in [3.8, 4) is 11.8 Å². The minimum absolute atomic E-state index is 0.138. The van der Waals surface area contributed by atoms with Crippen LogP contribution in [0.25, 0.3) is 0 Å². The lowest BCUT2D eigenvalue weighted by Crippen LogP contribution is -1.97. The van der Waals surface area contributed by atoms with E-state index in [9.17, 15) is 4.79 Å². The lowest BCUT2D eigenvalue weighted by Gasteiger charge is -2.07. The van der Waals surface area contributed by atoms with E-state index in [1.807, 2.05) is 0 Å². The highest BCUT2D eigenvalue weighted by molar-refractivity contribution is 5.75. The van der Waals surface area contributed by atoms with E-state index in [0.29, 0.717) is 18.4 Å². The minimum Gasteiger partial charge on any atom is -0.496 e. The highest BCUT2D eigenvalue weighted by Crippen LogP contribution is 2.21. The maximum atomic E-state index is 10.9. The molecule has 15 heavy (non-hydrogen) atoms. The molecule has 0 spiro atoms. The van der Waals surface area contributed by atoms with Gasteiger partial charge in [0, 0.05) is 6.42 Å². The summed E-state index contributed by atoms with van der Waals surface area (Å²) in [6.45, 7) is 1.56. The lowest BCUT2D eigenvalue weighted by molar-refractivity contribution is -0.116. The summed E-state index contributed by atoms with van der Waals surface area (Å²) < 4.78 is 5.16. The normalized spacial score (nSPS) is 9.40. The molecule has 0 bridgehead atoms. The summed E-state index contributed by atoms with van der Waals surface area (Å²) in [6.07, 6.45) is 1.10. The smallest absolute Gasteiger partial charge is 0.130 e. The first-order valence-corrected chi connectivity index (χ1v) is 4.74. The van der Waals surface area contributed by atoms with Crippen molar-refractivity contribution < 1.29 is 9.53 Å². The summed E-state index contributed by atoms with van der Waals surface area (Å²) in [4.78, 5) is 10.9. The molecule has 0 saturated carbocycles. The van der Waals surface area contributed by atoms with Gasteiger partial charge in [-0.05, 0) is 37.1 Å². The van der Waals surface area contributed by atoms with Crippen LogP contribution in [0.1, 0.15) is 24.5 Å². The van der Waals surface area contributed by atoms with E-state index in [-0.39, 0.29) is 5.78 Å². The molecule has 0 aliphatic rings. The Morgan fingerprint density at radius 3 is 2.80 bits per heavy atom. The predicted octanol–water partition coefficient (Wildman–Crippen LogP) is 2.09. The highest BCUT2D eigenvalue weighted by Gasteiger charge is 2.05. The fourth-order valence-electron chi connectivity index (χ4n) is 1.35. The quantitative estimate of drug-likeness (QED) is 0.752. The Morgan fingerprint density at radius 1 is 1.53 bits per heavy atom. The summed E-state index contributed by atoms with van der Waals surface area (Å²) >= 11 is 0. The Hall–Kier alpha value is -1.82. The van der Waals surface area contributed by atoms with Gasteiger partial charge in [-0.15, -0.1) is 0 Å². The Kier molecular flexibility index (Phi) is 3.87. The monoisotopic (exact) mass is 203 g/mol. The van der Waals surface area contributed by atoms with Gasteiger partial charge < -0.3 is 9.53 Å². The Labute approximate surface area is 89.3 Å². The standard InChI is InChI=1S/C12H13NO2/c1-9(14)3-5-11-7-10(8-13)4-6-12(11)15-2/h4,6-7H,3,5H2,1-2H3. The first kappa shape index (κ1) is 11.3. The number of methoxy groups -OCH3 is 1. The molecule has 0 heterocycles. The van der Waals surface area contributed by atoms with Crippen molar-refractivity contribution in [3.63, 3.8) is 0 Å². The molecule has 1 aromatic rings. The third-order valence-electron chi connectivity index (χ3n) is 2.16. The molecular formula is C12H13NO2. The van der Waals surface area contributed by atoms with Crippen LogP contribution in [0.5, 0.6) is 5.75 Å². The van der Waals surface area contributed by atoms with Crippen LogP contribution < -0.4 is 4.74 Å². The molecule has 3 heteroatoms. The molecule has 0 atom stereocenters. The molecule has 0 N–H and O–H groups in total. The second kappa shape index (κ2) is 5.16. The van der Waals surface area contributed by atoms with E-state index >= 15 is 0 Å². The summed E-state index contributed by atoms with van der Waals surface area (Å²) in [6, 6.07) is 7.29. The minimum atomic E-state index is 0.138. The van der Waals surface area contributed by atoms with Crippen LogP contribution in [0.15, 0.2) is 18.2 Å². The molecule has 78 valence electrons. The molecule has 1 rings (SSSR count). The van der Waals surface area contributed by atoms with Crippen LogP contribution >= 0.6 is 0 Å². The van der Waals surface area contributed by atoms with Gasteiger partial charge in [-0.3, -0.25) is 0 Å². The number of ketones is 1. The fraction of sp³-hybridized carbons (Fsp3) is 0.333. The first-order chi connectivity index (χ1) is 7.17. The molecular weight excluding hydrogens is 190 g/mol. The van der Waals surface area contributed by atoms with Gasteiger partial charge >= 0.3 is 0 Å². The topological polar surface area (TPSA) is 50.1 Å². The number of nitriles is 1. The van der Waals surface area contributed by atoms with Crippen LogP contribution in [0.4, 0.5) is 0 Å². The Bertz CT molecular complexity index is 405. The van der Waals surface area contributed by atoms with Crippen LogP contribution in [-0.4, -0.2) is 12.9 Å². The fourth-order valence-corrected chi connectivity index (χ4v) is 1.35. The third kappa shape index (κ3) is 3.10. The number of hydrogen-bond donors (Lipinski definition) is 0. The molecule has 3 nitrogen and oxygen atoms in total. The van der Waals surface area contributed by atoms with E-state index in [0.717, 1.165) is 11.3 Å². The van der Waals surface area contributed by atoms with Crippen LogP contribution in [0.3, 0.4) is 0 Å². The summed E-state index contributed by atoms with van der Waals surface area (Å²) in [5.41, 5.74) is 1.50. The van der Waals surface area contributed by atoms with E-state index in [1.165, 1.54) is 0 Å². The zero-order valence-electron chi connectivity index (χ0n) is 8.91. The van der Waals surface area contributed by atoms with Crippen molar-refractivity contribution in [2.24, 2.45) is 0 Å². The van der Waals surface area contributed by atoms with Gasteiger partial charge in [0.1, 0.15) is 11.5 Å². The van der Waals surface area contributed by atoms with Gasteiger partial charge in [-0.1, -0.05) is 0 Å². The maximum Gasteiger partial charge on any atom is 0.130 e. The van der Waals surface area contributed by atoms with Crippen molar-refractivity contribution in [1.82, 2.24) is 0 Å². The number of aryl methyl sites for hydroxylation is 1. The number of ether oxygens (including phenoxy) is 1. The summed E-state index contributed by atoms with van der Waals surface area (Å²) in [5.74, 6) is 0.870. The van der Waals surface area contributed by atoms with Gasteiger partial charge in [0.05, 0.1) is 18.7 Å². The largest absolute Gasteiger partial charge is 0.496 e. The van der Waals surface area contributed by atoms with Gasteiger partial charge in [0.2, 0.25) is 0 Å². The number of benzene rings is 1. The van der Waals surface area contributed by atoms with Gasteiger partial charge in [-0.25, -0.2) is 0 Å². The van der Waals surface area contributed by atoms with Crippen LogP contribution in [0, 0.1) is 11.3 Å². The molecule has 0 aliphatic heterocycles. The van der Waals surface area contributed by atoms with Gasteiger partial charge in [0.15, 0.2) is 0 Å². The summed E-state index contributed by atoms with van der Waals surface area (Å²) in [5, 5.41) is 8.75. The SMILES string of the molecule is COc1ccc(C#N)cc1CCC(C)=O. The van der Waals surface area contributed by atoms with Crippen molar-refractivity contribution in [2.45, 2.75) is 19.8 Å². The van der Waals surface area contributed by atoms with E-state index in [1.54, 1.807) is 32.2 Å². The van der Waals surface area contributed by atoms with Crippen molar-refractivity contribution in [3.05, 3.63) is 29.3 Å². The van der Waals surface area contributed by atoms with Crippen molar-refractivity contribution >= 4 is 5.78 Å². The number of hydrogen-bond acceptors (Lipinski definition) is 3. The first-order valence-electron chi connectivity index (χ1n) is 4.74. The molecule has 0 saturated heterocycles. The third-order valence-corrected chi connectivity index (χ3v) is 2.16. The second-order valence-corrected chi connectivity index (χ2v) is 3.34. The van der Waals surface area contributed by atoms with Crippen LogP contribution in [0.2, 0.25) is 0 Å². The highest BCUT2D eigenvalue weighted by atomic mass is 16.5. The predicted molar refractivity (Wildman–Crippen MR) is 56.7 cm³/mol. The van der Waals surface area contributed by atoms with E-state index in [4.69, 9.17) is 10.00 Å². The average molecular weight is 203 g/mol. The van der Waals surface area contributed by atoms with Gasteiger partial charge in [-0.2, -0.15) is 5.26 Å². The average Bonchev–Trinajstić information content (AvgIpc) is 2.25. The lowest BCUT2D eigenvalue weighted by atomic mass is 10.0. The van der Waals surface area contributed by atoms with E-state index in [2.05, 4.69) is 6.07 Å². The number of carbonyl (C=O) groups excluding carboxylic acids is 1. The van der Waals surface area contributed by atoms with Crippen LogP contribution in [-0.2, 0) is 11.2 Å². The van der Waals surface area contributed by atoms with E-state index < -0.39 is 0 Å². The molecule has 0 amide bonds. The Balaban J connectivity index is 2.92. The summed E-state index contributed by atoms with van der Waals surface area (Å²) in [7, 11) is 1.58. The molecule has 0 aromatic heterocycles. The molecule has 0 fully saturated rings. The van der Waals surface area contributed by atoms with Crippen molar-refractivity contribution in [1.29, 1.82) is 5.26 Å². The Morgan fingerprint density at radius 2 is 2.27 bits per heavy atom. The van der Waals surface area contributed by atoms with Gasteiger partial charge in [0.25, 0.3) is 0 Å². The maximum absolute atomic E-state index is 10.9. The molecule has 0 unspecified atom stereocenters. The molecule has 0 radical (unpaired) electrons.